The van der Waals surface area contributed by atoms with Gasteiger partial charge in [-0.15, -0.1) is 0 Å². The summed E-state index contributed by atoms with van der Waals surface area (Å²) in [7, 11) is -3.83. The van der Waals surface area contributed by atoms with Gasteiger partial charge in [0.05, 0.1) is 21.6 Å². The van der Waals surface area contributed by atoms with Crippen LogP contribution in [0.25, 0.3) is 0 Å². The Morgan fingerprint density at radius 1 is 0.906 bits per heavy atom. The highest BCUT2D eigenvalue weighted by atomic mass is 35.5. The molecule has 4 nitrogen and oxygen atoms in total. The molecule has 3 aromatic carbocycles. The quantitative estimate of drug-likeness (QED) is 0.366. The minimum atomic E-state index is -3.83. The van der Waals surface area contributed by atoms with Crippen molar-refractivity contribution < 1.29 is 8.42 Å². The number of sulfonamides is 1. The molecule has 3 atom stereocenters. The van der Waals surface area contributed by atoms with Gasteiger partial charge in [0, 0.05) is 21.7 Å². The van der Waals surface area contributed by atoms with Crippen LogP contribution in [0.3, 0.4) is 0 Å². The Morgan fingerprint density at radius 2 is 1.72 bits per heavy atom. The molecule has 164 valence electrons. The van der Waals surface area contributed by atoms with Gasteiger partial charge in [-0.05, 0) is 65.9 Å². The van der Waals surface area contributed by atoms with E-state index in [1.165, 1.54) is 6.07 Å². The Morgan fingerprint density at radius 3 is 2.50 bits per heavy atom. The van der Waals surface area contributed by atoms with Crippen molar-refractivity contribution in [1.82, 2.24) is 0 Å². The third-order valence-electron chi connectivity index (χ3n) is 6.06. The summed E-state index contributed by atoms with van der Waals surface area (Å²) in [6.07, 6.45) is 5.21. The van der Waals surface area contributed by atoms with E-state index >= 15 is 0 Å². The molecule has 0 fully saturated rings. The molecule has 0 amide bonds. The van der Waals surface area contributed by atoms with Gasteiger partial charge in [0.25, 0.3) is 10.0 Å². The van der Waals surface area contributed by atoms with E-state index < -0.39 is 10.0 Å². The van der Waals surface area contributed by atoms with Crippen molar-refractivity contribution in [3.63, 3.8) is 0 Å². The Labute approximate surface area is 202 Å². The molecule has 32 heavy (non-hydrogen) atoms. The average molecular weight is 506 g/mol. The van der Waals surface area contributed by atoms with Crippen molar-refractivity contribution in [3.05, 3.63) is 99.0 Å². The van der Waals surface area contributed by atoms with Crippen LogP contribution >= 0.6 is 34.8 Å². The zero-order valence-corrected chi connectivity index (χ0v) is 19.8. The number of halogens is 3. The Bertz CT molecular complexity index is 1340. The number of fused-ring (bicyclic) bond motifs is 3. The van der Waals surface area contributed by atoms with E-state index in [4.69, 9.17) is 34.8 Å². The van der Waals surface area contributed by atoms with E-state index in [-0.39, 0.29) is 33.5 Å². The lowest BCUT2D eigenvalue weighted by Gasteiger charge is -2.38. The van der Waals surface area contributed by atoms with E-state index in [2.05, 4.69) is 22.2 Å². The van der Waals surface area contributed by atoms with Crippen molar-refractivity contribution in [2.45, 2.75) is 23.3 Å². The molecule has 0 radical (unpaired) electrons. The van der Waals surface area contributed by atoms with Gasteiger partial charge >= 0.3 is 0 Å². The van der Waals surface area contributed by atoms with Crippen LogP contribution in [0.2, 0.25) is 15.1 Å². The van der Waals surface area contributed by atoms with Gasteiger partial charge in [0.15, 0.2) is 0 Å². The first-order valence-corrected chi connectivity index (χ1v) is 12.7. The van der Waals surface area contributed by atoms with E-state index in [0.29, 0.717) is 5.02 Å². The van der Waals surface area contributed by atoms with Crippen molar-refractivity contribution in [2.75, 3.05) is 10.0 Å². The molecule has 0 saturated carbocycles. The van der Waals surface area contributed by atoms with Crippen molar-refractivity contribution >= 4 is 56.2 Å². The summed E-state index contributed by atoms with van der Waals surface area (Å²) in [5, 5.41) is 4.99. The second-order valence-corrected chi connectivity index (χ2v) is 10.9. The molecule has 2 aliphatic rings. The Hall–Kier alpha value is -2.18. The zero-order chi connectivity index (χ0) is 22.5. The fraction of sp³-hybridized carbons (Fsp3) is 0.167. The summed E-state index contributed by atoms with van der Waals surface area (Å²) < 4.78 is 28.7. The second kappa shape index (κ2) is 8.31. The summed E-state index contributed by atoms with van der Waals surface area (Å²) in [5.74, 6) is 0.348. The fourth-order valence-electron chi connectivity index (χ4n) is 4.55. The van der Waals surface area contributed by atoms with Gasteiger partial charge in [-0.1, -0.05) is 65.2 Å². The maximum absolute atomic E-state index is 13.1. The minimum absolute atomic E-state index is 0.0460. The van der Waals surface area contributed by atoms with Crippen LogP contribution in [0.15, 0.2) is 77.7 Å². The largest absolute Gasteiger partial charge is 0.378 e. The Kier molecular flexibility index (Phi) is 5.62. The Balaban J connectivity index is 1.50. The van der Waals surface area contributed by atoms with E-state index in [1.54, 1.807) is 24.3 Å². The number of rotatable bonds is 4. The average Bonchev–Trinajstić information content (AvgIpc) is 3.26. The van der Waals surface area contributed by atoms with Crippen molar-refractivity contribution in [3.8, 4) is 0 Å². The first kappa shape index (κ1) is 21.7. The number of anilines is 2. The lowest BCUT2D eigenvalue weighted by atomic mass is 9.77. The highest BCUT2D eigenvalue weighted by Gasteiger charge is 2.39. The van der Waals surface area contributed by atoms with Crippen LogP contribution in [-0.2, 0) is 10.0 Å². The minimum Gasteiger partial charge on any atom is -0.378 e. The number of hydrogen-bond donors (Lipinski definition) is 2. The first-order chi connectivity index (χ1) is 15.3. The van der Waals surface area contributed by atoms with Crippen LogP contribution in [0.4, 0.5) is 11.4 Å². The third kappa shape index (κ3) is 3.88. The lowest BCUT2D eigenvalue weighted by Crippen LogP contribution is -2.29. The van der Waals surface area contributed by atoms with Gasteiger partial charge in [0.1, 0.15) is 0 Å². The zero-order valence-electron chi connectivity index (χ0n) is 16.7. The topological polar surface area (TPSA) is 58.2 Å². The SMILES string of the molecule is O=S(=O)(Nc1ccc(Cl)cc1Cl)c1ccc2c(c1)[C@H]1C=CC[C@H]1[C@@H](c1ccccc1Cl)N2. The second-order valence-electron chi connectivity index (χ2n) is 7.98. The molecule has 0 spiro atoms. The molecular weight excluding hydrogens is 487 g/mol. The molecule has 0 saturated heterocycles. The molecule has 3 aromatic rings. The van der Waals surface area contributed by atoms with Gasteiger partial charge in [0.2, 0.25) is 0 Å². The molecule has 2 N–H and O–H groups in total. The summed E-state index contributed by atoms with van der Waals surface area (Å²) in [6.45, 7) is 0. The summed E-state index contributed by atoms with van der Waals surface area (Å²) in [5.41, 5.74) is 3.20. The standard InChI is InChI=1S/C24H19Cl3N2O2S/c25-14-8-10-23(21(27)12-14)29-32(30,31)15-9-11-22-19(13-15)16-5-3-6-17(16)24(28-22)18-4-1-2-7-20(18)26/h1-5,7-13,16-17,24,28-29H,6H2/t16-,17+,24-/m0/s1. The lowest BCUT2D eigenvalue weighted by molar-refractivity contribution is 0.425. The fourth-order valence-corrected chi connectivity index (χ4v) is 6.43. The third-order valence-corrected chi connectivity index (χ3v) is 8.32. The highest BCUT2D eigenvalue weighted by molar-refractivity contribution is 7.92. The van der Waals surface area contributed by atoms with Gasteiger partial charge in [-0.25, -0.2) is 8.42 Å². The molecule has 5 rings (SSSR count). The predicted octanol–water partition coefficient (Wildman–Crippen LogP) is 7.27. The number of benzene rings is 3. The molecule has 1 heterocycles. The van der Waals surface area contributed by atoms with Crippen molar-refractivity contribution in [2.24, 2.45) is 5.92 Å². The maximum atomic E-state index is 13.1. The predicted molar refractivity (Wildman–Crippen MR) is 132 cm³/mol. The molecule has 1 aliphatic carbocycles. The molecular formula is C24H19Cl3N2O2S. The van der Waals surface area contributed by atoms with Gasteiger partial charge < -0.3 is 5.32 Å². The van der Waals surface area contributed by atoms with Crippen LogP contribution in [-0.4, -0.2) is 8.42 Å². The van der Waals surface area contributed by atoms with Gasteiger partial charge in [-0.3, -0.25) is 4.72 Å². The highest BCUT2D eigenvalue weighted by Crippen LogP contribution is 2.51. The van der Waals surface area contributed by atoms with Crippen LogP contribution < -0.4 is 10.0 Å². The smallest absolute Gasteiger partial charge is 0.261 e. The number of nitrogens with one attached hydrogen (secondary N) is 2. The summed E-state index contributed by atoms with van der Waals surface area (Å²) in [6, 6.07) is 17.7. The maximum Gasteiger partial charge on any atom is 0.261 e. The summed E-state index contributed by atoms with van der Waals surface area (Å²) in [4.78, 5) is 0.180. The monoisotopic (exact) mass is 504 g/mol. The first-order valence-electron chi connectivity index (χ1n) is 10.1. The van der Waals surface area contributed by atoms with Crippen LogP contribution in [0, 0.1) is 5.92 Å². The van der Waals surface area contributed by atoms with Crippen LogP contribution in [0.5, 0.6) is 0 Å². The van der Waals surface area contributed by atoms with E-state index in [1.807, 2.05) is 30.3 Å². The number of hydrogen-bond acceptors (Lipinski definition) is 3. The molecule has 8 heteroatoms. The van der Waals surface area contributed by atoms with E-state index in [9.17, 15) is 8.42 Å². The molecule has 0 aromatic heterocycles. The van der Waals surface area contributed by atoms with Crippen molar-refractivity contribution in [1.29, 1.82) is 0 Å². The number of allylic oxidation sites excluding steroid dienone is 2. The molecule has 0 unspecified atom stereocenters. The molecule has 0 bridgehead atoms. The normalized spacial score (nSPS) is 21.5. The van der Waals surface area contributed by atoms with Crippen LogP contribution in [0.1, 0.15) is 29.5 Å². The summed E-state index contributed by atoms with van der Waals surface area (Å²) >= 11 is 18.6. The molecule has 1 aliphatic heterocycles. The van der Waals surface area contributed by atoms with E-state index in [0.717, 1.165) is 28.3 Å². The van der Waals surface area contributed by atoms with Gasteiger partial charge in [-0.2, -0.15) is 0 Å².